The SMILES string of the molecule is CCCCCN(C(=O)C(CCSC)NC(=O)OC(C)(C)C)C(C(=O)Nc1c(C)cccc1Cl)c1ccc(C)cc1C. The Balaban J connectivity index is 2.61. The third-order valence-electron chi connectivity index (χ3n) is 6.64. The van der Waals surface area contributed by atoms with Gasteiger partial charge in [0.15, 0.2) is 0 Å². The van der Waals surface area contributed by atoms with Crippen molar-refractivity contribution in [3.05, 3.63) is 63.7 Å². The van der Waals surface area contributed by atoms with Crippen LogP contribution in [0.4, 0.5) is 10.5 Å². The summed E-state index contributed by atoms with van der Waals surface area (Å²) < 4.78 is 5.49. The largest absolute Gasteiger partial charge is 0.444 e. The van der Waals surface area contributed by atoms with Crippen LogP contribution in [0.2, 0.25) is 5.02 Å². The fourth-order valence-electron chi connectivity index (χ4n) is 4.61. The van der Waals surface area contributed by atoms with Crippen LogP contribution in [0.3, 0.4) is 0 Å². The number of ether oxygens (including phenoxy) is 1. The number of hydrogen-bond acceptors (Lipinski definition) is 5. The van der Waals surface area contributed by atoms with Crippen LogP contribution in [0.5, 0.6) is 0 Å². The van der Waals surface area contributed by atoms with Crippen molar-refractivity contribution >= 4 is 47.0 Å². The molecule has 226 valence electrons. The normalized spacial score (nSPS) is 12.8. The number of aryl methyl sites for hydroxylation is 3. The minimum Gasteiger partial charge on any atom is -0.444 e. The molecule has 2 aromatic rings. The van der Waals surface area contributed by atoms with Crippen molar-refractivity contribution in [1.82, 2.24) is 10.2 Å². The monoisotopic (exact) mass is 603 g/mol. The lowest BCUT2D eigenvalue weighted by Crippen LogP contribution is -2.53. The Hall–Kier alpha value is -2.71. The van der Waals surface area contributed by atoms with Gasteiger partial charge in [-0.25, -0.2) is 4.79 Å². The van der Waals surface area contributed by atoms with E-state index < -0.39 is 23.8 Å². The molecule has 2 atom stereocenters. The first-order valence-electron chi connectivity index (χ1n) is 14.2. The molecule has 2 N–H and O–H groups in total. The average Bonchev–Trinajstić information content (AvgIpc) is 2.87. The van der Waals surface area contributed by atoms with Crippen molar-refractivity contribution in [2.75, 3.05) is 23.9 Å². The molecule has 2 aromatic carbocycles. The highest BCUT2D eigenvalue weighted by molar-refractivity contribution is 7.98. The Labute approximate surface area is 255 Å². The quantitative estimate of drug-likeness (QED) is 0.230. The van der Waals surface area contributed by atoms with Gasteiger partial charge < -0.3 is 20.3 Å². The van der Waals surface area contributed by atoms with E-state index in [9.17, 15) is 14.4 Å². The summed E-state index contributed by atoms with van der Waals surface area (Å²) in [7, 11) is 0. The molecule has 0 bridgehead atoms. The molecule has 41 heavy (non-hydrogen) atoms. The number of carbonyl (C=O) groups is 3. The van der Waals surface area contributed by atoms with Crippen molar-refractivity contribution in [3.63, 3.8) is 0 Å². The van der Waals surface area contributed by atoms with E-state index in [4.69, 9.17) is 16.3 Å². The molecular weight excluding hydrogens is 558 g/mol. The fraction of sp³-hybridized carbons (Fsp3) is 0.531. The molecule has 2 unspecified atom stereocenters. The summed E-state index contributed by atoms with van der Waals surface area (Å²) in [5, 5.41) is 6.24. The van der Waals surface area contributed by atoms with Crippen LogP contribution < -0.4 is 10.6 Å². The molecule has 0 heterocycles. The number of amides is 3. The molecule has 0 aromatic heterocycles. The molecule has 9 heteroatoms. The third kappa shape index (κ3) is 10.6. The maximum Gasteiger partial charge on any atom is 0.408 e. The molecule has 0 radical (unpaired) electrons. The second-order valence-electron chi connectivity index (χ2n) is 11.4. The van der Waals surface area contributed by atoms with E-state index in [1.54, 1.807) is 43.5 Å². The average molecular weight is 604 g/mol. The summed E-state index contributed by atoms with van der Waals surface area (Å²) in [6.45, 7) is 13.6. The number of hydrogen-bond donors (Lipinski definition) is 2. The van der Waals surface area contributed by atoms with E-state index in [-0.39, 0.29) is 11.8 Å². The number of unbranched alkanes of at least 4 members (excludes halogenated alkanes) is 2. The van der Waals surface area contributed by atoms with E-state index >= 15 is 0 Å². The van der Waals surface area contributed by atoms with Gasteiger partial charge >= 0.3 is 6.09 Å². The van der Waals surface area contributed by atoms with Gasteiger partial charge in [0.1, 0.15) is 17.7 Å². The summed E-state index contributed by atoms with van der Waals surface area (Å²) in [6, 6.07) is 9.50. The van der Waals surface area contributed by atoms with Gasteiger partial charge in [-0.2, -0.15) is 11.8 Å². The Bertz CT molecular complexity index is 1180. The van der Waals surface area contributed by atoms with E-state index in [1.807, 2.05) is 57.4 Å². The van der Waals surface area contributed by atoms with Crippen molar-refractivity contribution in [1.29, 1.82) is 0 Å². The summed E-state index contributed by atoms with van der Waals surface area (Å²) in [5.74, 6) is -0.0373. The molecule has 0 aliphatic rings. The molecule has 3 amide bonds. The van der Waals surface area contributed by atoms with Crippen LogP contribution in [-0.4, -0.2) is 53.0 Å². The van der Waals surface area contributed by atoms with Gasteiger partial charge in [-0.05, 0) is 89.1 Å². The summed E-state index contributed by atoms with van der Waals surface area (Å²) in [5.41, 5.74) is 3.30. The number of rotatable bonds is 13. The van der Waals surface area contributed by atoms with Gasteiger partial charge in [0.2, 0.25) is 5.91 Å². The topological polar surface area (TPSA) is 87.7 Å². The Morgan fingerprint density at radius 1 is 1.05 bits per heavy atom. The summed E-state index contributed by atoms with van der Waals surface area (Å²) in [6.07, 6.45) is 4.24. The zero-order valence-corrected chi connectivity index (χ0v) is 27.3. The van der Waals surface area contributed by atoms with Crippen LogP contribution in [0.15, 0.2) is 36.4 Å². The number of benzene rings is 2. The highest BCUT2D eigenvalue weighted by atomic mass is 35.5. The molecular formula is C32H46ClN3O4S. The Kier molecular flexibility index (Phi) is 13.5. The van der Waals surface area contributed by atoms with Crippen LogP contribution >= 0.6 is 23.4 Å². The van der Waals surface area contributed by atoms with E-state index in [2.05, 4.69) is 17.6 Å². The minimum absolute atomic E-state index is 0.322. The molecule has 0 saturated heterocycles. The highest BCUT2D eigenvalue weighted by Crippen LogP contribution is 2.31. The highest BCUT2D eigenvalue weighted by Gasteiger charge is 2.37. The lowest BCUT2D eigenvalue weighted by atomic mass is 9.95. The molecule has 0 aliphatic carbocycles. The Morgan fingerprint density at radius 2 is 1.76 bits per heavy atom. The maximum absolute atomic E-state index is 14.4. The van der Waals surface area contributed by atoms with Crippen molar-refractivity contribution in [3.8, 4) is 0 Å². The van der Waals surface area contributed by atoms with Crippen LogP contribution in [-0.2, 0) is 14.3 Å². The van der Waals surface area contributed by atoms with E-state index in [1.165, 1.54) is 0 Å². The van der Waals surface area contributed by atoms with Crippen molar-refractivity contribution in [2.24, 2.45) is 0 Å². The lowest BCUT2D eigenvalue weighted by Gasteiger charge is -2.35. The van der Waals surface area contributed by atoms with Gasteiger partial charge in [0.25, 0.3) is 5.91 Å². The van der Waals surface area contributed by atoms with Crippen molar-refractivity contribution < 1.29 is 19.1 Å². The van der Waals surface area contributed by atoms with Crippen LogP contribution in [0.1, 0.15) is 81.7 Å². The first kappa shape index (κ1) is 34.5. The number of nitrogens with one attached hydrogen (secondary N) is 2. The summed E-state index contributed by atoms with van der Waals surface area (Å²) in [4.78, 5) is 43.0. The molecule has 0 spiro atoms. The van der Waals surface area contributed by atoms with Gasteiger partial charge in [-0.15, -0.1) is 0 Å². The molecule has 0 aliphatic heterocycles. The van der Waals surface area contributed by atoms with Crippen LogP contribution in [0.25, 0.3) is 0 Å². The first-order valence-corrected chi connectivity index (χ1v) is 16.0. The third-order valence-corrected chi connectivity index (χ3v) is 7.59. The number of thioether (sulfide) groups is 1. The van der Waals surface area contributed by atoms with E-state index in [0.29, 0.717) is 35.8 Å². The molecule has 7 nitrogen and oxygen atoms in total. The first-order chi connectivity index (χ1) is 19.3. The number of halogens is 1. The second kappa shape index (κ2) is 16.1. The number of carbonyl (C=O) groups excluding carboxylic acids is 3. The number of para-hydroxylation sites is 1. The molecule has 2 rings (SSSR count). The van der Waals surface area contributed by atoms with Crippen LogP contribution in [0, 0.1) is 20.8 Å². The van der Waals surface area contributed by atoms with Gasteiger partial charge in [0.05, 0.1) is 10.7 Å². The molecule has 0 fully saturated rings. The minimum atomic E-state index is -0.937. The number of alkyl carbamates (subject to hydrolysis) is 1. The fourth-order valence-corrected chi connectivity index (χ4v) is 5.35. The van der Waals surface area contributed by atoms with Gasteiger partial charge in [0, 0.05) is 6.54 Å². The predicted octanol–water partition coefficient (Wildman–Crippen LogP) is 7.61. The summed E-state index contributed by atoms with van der Waals surface area (Å²) >= 11 is 8.06. The van der Waals surface area contributed by atoms with Gasteiger partial charge in [-0.1, -0.05) is 67.3 Å². The zero-order chi connectivity index (χ0) is 30.7. The van der Waals surface area contributed by atoms with Crippen molar-refractivity contribution in [2.45, 2.75) is 91.8 Å². The Morgan fingerprint density at radius 3 is 2.34 bits per heavy atom. The molecule has 0 saturated carbocycles. The van der Waals surface area contributed by atoms with E-state index in [0.717, 1.165) is 35.1 Å². The van der Waals surface area contributed by atoms with Gasteiger partial charge in [-0.3, -0.25) is 9.59 Å². The number of anilines is 1. The maximum atomic E-state index is 14.4. The standard InChI is InChI=1S/C32H46ClN3O4S/c1-9-10-11-18-36(30(38)26(17-19-41-8)34-31(39)40-32(5,6)7)28(24-16-15-21(2)20-23(24)4)29(37)35-27-22(3)13-12-14-25(27)33/h12-16,20,26,28H,9-11,17-19H2,1-8H3,(H,34,39)(H,35,37). The zero-order valence-electron chi connectivity index (χ0n) is 25.7. The predicted molar refractivity (Wildman–Crippen MR) is 171 cm³/mol. The number of nitrogens with zero attached hydrogens (tertiary/aromatic N) is 1. The smallest absolute Gasteiger partial charge is 0.408 e. The second-order valence-corrected chi connectivity index (χ2v) is 12.8. The lowest BCUT2D eigenvalue weighted by molar-refractivity contribution is -0.141.